The van der Waals surface area contributed by atoms with Gasteiger partial charge in [0.1, 0.15) is 5.82 Å². The van der Waals surface area contributed by atoms with Gasteiger partial charge in [-0.25, -0.2) is 4.39 Å². The lowest BCUT2D eigenvalue weighted by atomic mass is 10.1. The van der Waals surface area contributed by atoms with Crippen molar-refractivity contribution in [2.75, 3.05) is 6.54 Å². The molecule has 1 fully saturated rings. The summed E-state index contributed by atoms with van der Waals surface area (Å²) in [5.74, 6) is 0.150. The van der Waals surface area contributed by atoms with E-state index in [0.717, 1.165) is 12.0 Å². The third-order valence-corrected chi connectivity index (χ3v) is 5.28. The monoisotopic (exact) mass is 399 g/mol. The first kappa shape index (κ1) is 18.6. The molecule has 2 aromatic carbocycles. The molecule has 0 saturated carbocycles. The van der Waals surface area contributed by atoms with E-state index < -0.39 is 5.82 Å². The molecule has 0 spiro atoms. The highest BCUT2D eigenvalue weighted by molar-refractivity contribution is 6.31. The first-order valence-corrected chi connectivity index (χ1v) is 9.56. The van der Waals surface area contributed by atoms with Crippen LogP contribution in [-0.2, 0) is 17.8 Å². The lowest BCUT2D eigenvalue weighted by molar-refractivity contribution is -0.128. The summed E-state index contributed by atoms with van der Waals surface area (Å²) in [6, 6.07) is 12.6. The second-order valence-corrected chi connectivity index (χ2v) is 7.34. The number of rotatable bonds is 5. The summed E-state index contributed by atoms with van der Waals surface area (Å²) >= 11 is 5.82. The largest absolute Gasteiger partial charge is 0.339 e. The van der Waals surface area contributed by atoms with Crippen LogP contribution in [0.2, 0.25) is 5.02 Å². The van der Waals surface area contributed by atoms with Crippen LogP contribution in [-0.4, -0.2) is 27.5 Å². The topological polar surface area (TPSA) is 59.2 Å². The Morgan fingerprint density at radius 2 is 1.96 bits per heavy atom. The maximum absolute atomic E-state index is 13.3. The number of halogens is 2. The van der Waals surface area contributed by atoms with Gasteiger partial charge in [0, 0.05) is 25.1 Å². The Bertz CT molecular complexity index is 1000. The van der Waals surface area contributed by atoms with E-state index in [0.29, 0.717) is 36.8 Å². The molecule has 1 unspecified atom stereocenters. The van der Waals surface area contributed by atoms with Crippen molar-refractivity contribution in [3.63, 3.8) is 0 Å². The van der Waals surface area contributed by atoms with E-state index in [9.17, 15) is 9.18 Å². The number of amides is 1. The molecule has 144 valence electrons. The van der Waals surface area contributed by atoms with E-state index in [1.54, 1.807) is 6.07 Å². The molecule has 7 heteroatoms. The Morgan fingerprint density at radius 3 is 2.68 bits per heavy atom. The normalized spacial score (nSPS) is 16.8. The van der Waals surface area contributed by atoms with Crippen molar-refractivity contribution in [2.24, 2.45) is 0 Å². The third kappa shape index (κ3) is 3.78. The number of likely N-dealkylation sites (tertiary alicyclic amines) is 1. The smallest absolute Gasteiger partial charge is 0.232 e. The molecule has 1 aliphatic heterocycles. The van der Waals surface area contributed by atoms with Gasteiger partial charge >= 0.3 is 0 Å². The summed E-state index contributed by atoms with van der Waals surface area (Å²) in [7, 11) is 0. The van der Waals surface area contributed by atoms with E-state index in [1.807, 2.05) is 4.90 Å². The van der Waals surface area contributed by atoms with Gasteiger partial charge in [-0.2, -0.15) is 4.98 Å². The van der Waals surface area contributed by atoms with Gasteiger partial charge in [0.25, 0.3) is 0 Å². The molecule has 1 aliphatic rings. The molecule has 1 atom stereocenters. The van der Waals surface area contributed by atoms with Crippen LogP contribution >= 0.6 is 11.6 Å². The van der Waals surface area contributed by atoms with E-state index in [4.69, 9.17) is 16.1 Å². The Balaban J connectivity index is 1.46. The maximum atomic E-state index is 13.3. The van der Waals surface area contributed by atoms with Crippen LogP contribution < -0.4 is 0 Å². The zero-order valence-corrected chi connectivity index (χ0v) is 16.1. The molecule has 1 amide bonds. The van der Waals surface area contributed by atoms with Crippen LogP contribution in [0.3, 0.4) is 0 Å². The standard InChI is InChI=1S/C21H19ClFN3O2/c1-2-13-3-5-14(6-4-13)11-26-12-16(10-19(26)27)21-24-20(25-28-21)15-7-8-18(23)17(22)9-15/h3-9,16H,2,10-12H2,1H3. The van der Waals surface area contributed by atoms with Gasteiger partial charge in [0.15, 0.2) is 0 Å². The Kier molecular flexibility index (Phi) is 5.13. The Morgan fingerprint density at radius 1 is 1.21 bits per heavy atom. The fourth-order valence-corrected chi connectivity index (χ4v) is 3.53. The number of aromatic nitrogens is 2. The molecule has 3 aromatic rings. The summed E-state index contributed by atoms with van der Waals surface area (Å²) in [6.45, 7) is 3.20. The average molecular weight is 400 g/mol. The van der Waals surface area contributed by atoms with Crippen molar-refractivity contribution < 1.29 is 13.7 Å². The van der Waals surface area contributed by atoms with E-state index in [-0.39, 0.29) is 16.8 Å². The SMILES string of the molecule is CCc1ccc(CN2CC(c3nc(-c4ccc(F)c(Cl)c4)no3)CC2=O)cc1. The van der Waals surface area contributed by atoms with Gasteiger partial charge in [-0.15, -0.1) is 0 Å². The zero-order chi connectivity index (χ0) is 19.7. The van der Waals surface area contributed by atoms with E-state index in [1.165, 1.54) is 17.7 Å². The second kappa shape index (κ2) is 7.72. The van der Waals surface area contributed by atoms with Gasteiger partial charge in [0.2, 0.25) is 17.6 Å². The van der Waals surface area contributed by atoms with Gasteiger partial charge in [-0.3, -0.25) is 4.79 Å². The number of carbonyl (C=O) groups is 1. The molecule has 2 heterocycles. The highest BCUT2D eigenvalue weighted by Crippen LogP contribution is 2.30. The molecule has 4 rings (SSSR count). The van der Waals surface area contributed by atoms with Crippen molar-refractivity contribution in [2.45, 2.75) is 32.2 Å². The van der Waals surface area contributed by atoms with Crippen molar-refractivity contribution in [1.82, 2.24) is 15.0 Å². The minimum atomic E-state index is -0.502. The summed E-state index contributed by atoms with van der Waals surface area (Å²) in [5.41, 5.74) is 2.94. The molecule has 0 bridgehead atoms. The molecule has 28 heavy (non-hydrogen) atoms. The average Bonchev–Trinajstić information content (AvgIpc) is 3.32. The van der Waals surface area contributed by atoms with Crippen LogP contribution in [0.5, 0.6) is 0 Å². The summed E-state index contributed by atoms with van der Waals surface area (Å²) < 4.78 is 18.7. The molecule has 0 aliphatic carbocycles. The number of hydrogen-bond donors (Lipinski definition) is 0. The van der Waals surface area contributed by atoms with Gasteiger partial charge in [-0.1, -0.05) is 47.9 Å². The Hall–Kier alpha value is -2.73. The van der Waals surface area contributed by atoms with Crippen molar-refractivity contribution in [3.05, 3.63) is 70.3 Å². The summed E-state index contributed by atoms with van der Waals surface area (Å²) in [4.78, 5) is 18.6. The molecular weight excluding hydrogens is 381 g/mol. The highest BCUT2D eigenvalue weighted by Gasteiger charge is 2.34. The quantitative estimate of drug-likeness (QED) is 0.628. The number of nitrogens with zero attached hydrogens (tertiary/aromatic N) is 3. The van der Waals surface area contributed by atoms with E-state index >= 15 is 0 Å². The van der Waals surface area contributed by atoms with Crippen LogP contribution in [0.4, 0.5) is 4.39 Å². The first-order valence-electron chi connectivity index (χ1n) is 9.18. The molecular formula is C21H19ClFN3O2. The molecule has 1 aromatic heterocycles. The van der Waals surface area contributed by atoms with Gasteiger partial charge in [-0.05, 0) is 35.7 Å². The summed E-state index contributed by atoms with van der Waals surface area (Å²) in [5, 5.41) is 3.96. The molecule has 0 radical (unpaired) electrons. The van der Waals surface area contributed by atoms with E-state index in [2.05, 4.69) is 41.3 Å². The lowest BCUT2D eigenvalue weighted by Crippen LogP contribution is -2.24. The van der Waals surface area contributed by atoms with Crippen molar-refractivity contribution in [3.8, 4) is 11.4 Å². The van der Waals surface area contributed by atoms with Crippen molar-refractivity contribution in [1.29, 1.82) is 0 Å². The number of carbonyl (C=O) groups excluding carboxylic acids is 1. The highest BCUT2D eigenvalue weighted by atomic mass is 35.5. The molecule has 1 saturated heterocycles. The second-order valence-electron chi connectivity index (χ2n) is 6.93. The van der Waals surface area contributed by atoms with Gasteiger partial charge in [0.05, 0.1) is 10.9 Å². The van der Waals surface area contributed by atoms with Crippen LogP contribution in [0, 0.1) is 5.82 Å². The minimum absolute atomic E-state index is 0.000149. The third-order valence-electron chi connectivity index (χ3n) is 4.99. The first-order chi connectivity index (χ1) is 13.5. The summed E-state index contributed by atoms with van der Waals surface area (Å²) in [6.07, 6.45) is 1.32. The fourth-order valence-electron chi connectivity index (χ4n) is 3.34. The van der Waals surface area contributed by atoms with Gasteiger partial charge < -0.3 is 9.42 Å². The number of benzene rings is 2. The molecule has 0 N–H and O–H groups in total. The lowest BCUT2D eigenvalue weighted by Gasteiger charge is -2.16. The maximum Gasteiger partial charge on any atom is 0.232 e. The van der Waals surface area contributed by atoms with Crippen LogP contribution in [0.1, 0.15) is 36.3 Å². The fraction of sp³-hybridized carbons (Fsp3) is 0.286. The Labute approximate surface area is 167 Å². The van der Waals surface area contributed by atoms with Crippen LogP contribution in [0.25, 0.3) is 11.4 Å². The number of aryl methyl sites for hydroxylation is 1. The van der Waals surface area contributed by atoms with Crippen LogP contribution in [0.15, 0.2) is 47.0 Å². The number of hydrogen-bond acceptors (Lipinski definition) is 4. The predicted molar refractivity (Wildman–Crippen MR) is 103 cm³/mol. The predicted octanol–water partition coefficient (Wildman–Crippen LogP) is 4.61. The molecule has 5 nitrogen and oxygen atoms in total. The zero-order valence-electron chi connectivity index (χ0n) is 15.4. The van der Waals surface area contributed by atoms with Crippen molar-refractivity contribution >= 4 is 17.5 Å². The minimum Gasteiger partial charge on any atom is -0.339 e.